The monoisotopic (exact) mass is 338 g/mol. The predicted octanol–water partition coefficient (Wildman–Crippen LogP) is -1.30. The molecule has 0 aromatic carbocycles. The molecule has 3 aliphatic heterocycles. The number of Topliss-reactive ketones (excluding diaryl/α,β-unsaturated/α-hetero) is 1. The fraction of sp³-hybridized carbons (Fsp3) is 0.533. The van der Waals surface area contributed by atoms with Crippen LogP contribution in [0.1, 0.15) is 24.4 Å². The molecule has 3 N–H and O–H groups in total. The van der Waals surface area contributed by atoms with Crippen molar-refractivity contribution in [3.05, 3.63) is 27.8 Å². The molecular weight excluding hydrogens is 324 g/mol. The summed E-state index contributed by atoms with van der Waals surface area (Å²) in [6, 6.07) is 0.860. The van der Waals surface area contributed by atoms with E-state index in [0.29, 0.717) is 0 Å². The highest BCUT2D eigenvalue weighted by Crippen LogP contribution is 2.54. The summed E-state index contributed by atoms with van der Waals surface area (Å²) in [5, 5.41) is 30.1. The van der Waals surface area contributed by atoms with Gasteiger partial charge >= 0.3 is 5.97 Å². The topological polar surface area (TPSA) is 144 Å². The third-order valence-electron chi connectivity index (χ3n) is 5.03. The molecule has 3 aliphatic rings. The minimum Gasteiger partial charge on any atom is -0.502 e. The predicted molar refractivity (Wildman–Crippen MR) is 72.8 cm³/mol. The summed E-state index contributed by atoms with van der Waals surface area (Å²) >= 11 is 0. The van der Waals surface area contributed by atoms with E-state index in [1.165, 1.54) is 0 Å². The molecule has 1 aromatic heterocycles. The Balaban J connectivity index is 1.85. The largest absolute Gasteiger partial charge is 0.502 e. The van der Waals surface area contributed by atoms with Crippen LogP contribution in [-0.2, 0) is 31.3 Å². The van der Waals surface area contributed by atoms with E-state index >= 15 is 0 Å². The van der Waals surface area contributed by atoms with E-state index in [9.17, 15) is 24.6 Å². The second-order valence-electron chi connectivity index (χ2n) is 6.35. The molecule has 9 heteroatoms. The van der Waals surface area contributed by atoms with Gasteiger partial charge in [-0.15, -0.1) is 0 Å². The Morgan fingerprint density at radius 3 is 2.75 bits per heavy atom. The SMILES string of the molecule is O=C1OCC23CC(=O)C(O)(c4oc(CO)cc(=O)c4O)C(CC12)O3. The lowest BCUT2D eigenvalue weighted by Gasteiger charge is -2.39. The van der Waals surface area contributed by atoms with E-state index in [4.69, 9.17) is 19.0 Å². The first-order valence-corrected chi connectivity index (χ1v) is 7.39. The molecular formula is C15H14O9. The normalized spacial score (nSPS) is 37.4. The fourth-order valence-corrected chi connectivity index (χ4v) is 3.78. The van der Waals surface area contributed by atoms with E-state index in [0.717, 1.165) is 6.07 Å². The van der Waals surface area contributed by atoms with Gasteiger partial charge in [0.25, 0.3) is 0 Å². The number of aliphatic hydroxyl groups is 2. The number of ketones is 1. The zero-order valence-electron chi connectivity index (χ0n) is 12.4. The summed E-state index contributed by atoms with van der Waals surface area (Å²) in [5.74, 6) is -3.76. The second kappa shape index (κ2) is 4.65. The molecule has 4 rings (SSSR count). The van der Waals surface area contributed by atoms with Crippen LogP contribution in [0.15, 0.2) is 15.3 Å². The van der Waals surface area contributed by atoms with Crippen LogP contribution in [0.4, 0.5) is 0 Å². The van der Waals surface area contributed by atoms with Crippen molar-refractivity contribution in [2.75, 3.05) is 6.61 Å². The maximum Gasteiger partial charge on any atom is 0.312 e. The van der Waals surface area contributed by atoms with Crippen LogP contribution in [0.5, 0.6) is 5.75 Å². The summed E-state index contributed by atoms with van der Waals surface area (Å²) in [5.41, 5.74) is -4.43. The zero-order chi connectivity index (χ0) is 17.3. The number of aliphatic hydroxyl groups excluding tert-OH is 1. The van der Waals surface area contributed by atoms with Gasteiger partial charge in [0.2, 0.25) is 16.8 Å². The van der Waals surface area contributed by atoms with Crippen LogP contribution in [0.2, 0.25) is 0 Å². The Morgan fingerprint density at radius 2 is 2.04 bits per heavy atom. The van der Waals surface area contributed by atoms with Gasteiger partial charge in [-0.3, -0.25) is 14.4 Å². The molecule has 2 bridgehead atoms. The van der Waals surface area contributed by atoms with Gasteiger partial charge < -0.3 is 29.2 Å². The van der Waals surface area contributed by atoms with Gasteiger partial charge in [-0.1, -0.05) is 0 Å². The Morgan fingerprint density at radius 1 is 1.29 bits per heavy atom. The summed E-state index contributed by atoms with van der Waals surface area (Å²) in [4.78, 5) is 36.3. The lowest BCUT2D eigenvalue weighted by molar-refractivity contribution is -0.200. The van der Waals surface area contributed by atoms with Crippen LogP contribution in [-0.4, -0.2) is 45.4 Å². The van der Waals surface area contributed by atoms with E-state index in [1.54, 1.807) is 0 Å². The number of rotatable bonds is 2. The first-order valence-electron chi connectivity index (χ1n) is 7.39. The third-order valence-corrected chi connectivity index (χ3v) is 5.03. The van der Waals surface area contributed by atoms with E-state index in [2.05, 4.69) is 0 Å². The molecule has 0 amide bonds. The minimum atomic E-state index is -2.41. The van der Waals surface area contributed by atoms with Gasteiger partial charge in [0, 0.05) is 12.5 Å². The molecule has 4 atom stereocenters. The summed E-state index contributed by atoms with van der Waals surface area (Å²) in [6.07, 6.45) is -1.49. The average molecular weight is 338 g/mol. The van der Waals surface area contributed by atoms with Crippen molar-refractivity contribution in [2.24, 2.45) is 5.92 Å². The molecule has 4 heterocycles. The summed E-state index contributed by atoms with van der Waals surface area (Å²) < 4.78 is 15.9. The number of cyclic esters (lactones) is 1. The van der Waals surface area contributed by atoms with Gasteiger partial charge in [0.1, 0.15) is 30.7 Å². The first kappa shape index (κ1) is 15.3. The van der Waals surface area contributed by atoms with Crippen LogP contribution in [0.25, 0.3) is 0 Å². The molecule has 1 aromatic rings. The number of fused-ring (bicyclic) bond motifs is 1. The van der Waals surface area contributed by atoms with Crippen LogP contribution in [0, 0.1) is 5.92 Å². The van der Waals surface area contributed by atoms with E-state index in [-0.39, 0.29) is 25.2 Å². The van der Waals surface area contributed by atoms with Crippen molar-refractivity contribution in [2.45, 2.75) is 36.8 Å². The van der Waals surface area contributed by atoms with Crippen molar-refractivity contribution in [1.82, 2.24) is 0 Å². The quantitative estimate of drug-likeness (QED) is 0.560. The zero-order valence-corrected chi connectivity index (χ0v) is 12.4. The van der Waals surface area contributed by atoms with E-state index < -0.39 is 58.5 Å². The highest BCUT2D eigenvalue weighted by molar-refractivity contribution is 5.93. The van der Waals surface area contributed by atoms with Crippen LogP contribution >= 0.6 is 0 Å². The molecule has 9 nitrogen and oxygen atoms in total. The number of ether oxygens (including phenoxy) is 2. The number of carbonyl (C=O) groups is 2. The summed E-state index contributed by atoms with van der Waals surface area (Å²) in [6.45, 7) is -0.737. The lowest BCUT2D eigenvalue weighted by Crippen LogP contribution is -2.55. The van der Waals surface area contributed by atoms with Gasteiger partial charge in [-0.25, -0.2) is 0 Å². The number of aromatic hydroxyl groups is 1. The third kappa shape index (κ3) is 1.71. The van der Waals surface area contributed by atoms with Gasteiger partial charge in [-0.05, 0) is 6.42 Å². The Kier molecular flexibility index (Phi) is 2.97. The first-order chi connectivity index (χ1) is 11.3. The fourth-order valence-electron chi connectivity index (χ4n) is 3.78. The minimum absolute atomic E-state index is 0.00637. The van der Waals surface area contributed by atoms with E-state index in [1.807, 2.05) is 0 Å². The van der Waals surface area contributed by atoms with Crippen molar-refractivity contribution >= 4 is 11.8 Å². The highest BCUT2D eigenvalue weighted by Gasteiger charge is 2.70. The molecule has 0 aliphatic carbocycles. The molecule has 128 valence electrons. The average Bonchev–Trinajstić information content (AvgIpc) is 3.03. The van der Waals surface area contributed by atoms with Crippen LogP contribution in [0.3, 0.4) is 0 Å². The Bertz CT molecular complexity index is 812. The second-order valence-corrected chi connectivity index (χ2v) is 6.35. The smallest absolute Gasteiger partial charge is 0.312 e. The van der Waals surface area contributed by atoms with Crippen LogP contribution < -0.4 is 5.43 Å². The molecule has 0 saturated carbocycles. The Hall–Kier alpha value is -2.23. The number of carbonyl (C=O) groups excluding carboxylic acids is 2. The lowest BCUT2D eigenvalue weighted by atomic mass is 9.82. The highest BCUT2D eigenvalue weighted by atomic mass is 16.6. The number of hydrogen-bond acceptors (Lipinski definition) is 9. The van der Waals surface area contributed by atoms with Gasteiger partial charge in [0.05, 0.1) is 5.92 Å². The molecule has 0 radical (unpaired) electrons. The van der Waals surface area contributed by atoms with Crippen molar-refractivity contribution in [3.8, 4) is 5.75 Å². The standard InChI is InChI=1S/C15H14O9/c16-4-6-1-8(17)11(19)12(23-6)15(21)9(18)3-14-5-22-13(20)7(14)2-10(15)24-14/h1,7,10,16,19,21H,2-5H2. The van der Waals surface area contributed by atoms with Crippen molar-refractivity contribution in [3.63, 3.8) is 0 Å². The maximum absolute atomic E-state index is 12.7. The summed E-state index contributed by atoms with van der Waals surface area (Å²) in [7, 11) is 0. The number of esters is 1. The molecule has 4 unspecified atom stereocenters. The maximum atomic E-state index is 12.7. The van der Waals surface area contributed by atoms with Gasteiger partial charge in [0.15, 0.2) is 11.5 Å². The molecule has 1 spiro atoms. The number of hydrogen-bond donors (Lipinski definition) is 3. The van der Waals surface area contributed by atoms with Crippen molar-refractivity contribution < 1.29 is 38.8 Å². The molecule has 24 heavy (non-hydrogen) atoms. The Labute approximate surface area is 134 Å². The molecule has 3 fully saturated rings. The van der Waals surface area contributed by atoms with Gasteiger partial charge in [-0.2, -0.15) is 0 Å². The molecule has 3 saturated heterocycles. The van der Waals surface area contributed by atoms with Crippen molar-refractivity contribution in [1.29, 1.82) is 0 Å².